The van der Waals surface area contributed by atoms with Crippen molar-refractivity contribution >= 4 is 29.1 Å². The van der Waals surface area contributed by atoms with Crippen LogP contribution in [0.25, 0.3) is 0 Å². The molecule has 2 aromatic carbocycles. The number of nitrogens with one attached hydrogen (secondary N) is 1. The lowest BCUT2D eigenvalue weighted by molar-refractivity contribution is -0.121. The topological polar surface area (TPSA) is 49.4 Å². The Morgan fingerprint density at radius 2 is 1.64 bits per heavy atom. The third-order valence-electron chi connectivity index (χ3n) is 4.05. The second-order valence-electron chi connectivity index (χ2n) is 6.06. The molecule has 0 saturated heterocycles. The minimum Gasteiger partial charge on any atom is -0.352 e. The molecule has 0 aliphatic heterocycles. The number of para-hydroxylation sites is 1. The molecular formula is C20H23ClN2O2. The van der Waals surface area contributed by atoms with Crippen LogP contribution in [0.1, 0.15) is 30.0 Å². The van der Waals surface area contributed by atoms with Gasteiger partial charge in [-0.05, 0) is 42.7 Å². The van der Waals surface area contributed by atoms with Crippen LogP contribution >= 0.6 is 11.6 Å². The van der Waals surface area contributed by atoms with Crippen LogP contribution in [0.5, 0.6) is 0 Å². The van der Waals surface area contributed by atoms with E-state index in [4.69, 9.17) is 11.6 Å². The van der Waals surface area contributed by atoms with Crippen LogP contribution in [-0.2, 0) is 16.1 Å². The zero-order valence-corrected chi connectivity index (χ0v) is 15.6. The van der Waals surface area contributed by atoms with Crippen molar-refractivity contribution in [3.63, 3.8) is 0 Å². The summed E-state index contributed by atoms with van der Waals surface area (Å²) in [5, 5.41) is 3.54. The zero-order chi connectivity index (χ0) is 18.4. The van der Waals surface area contributed by atoms with Crippen molar-refractivity contribution in [2.24, 2.45) is 0 Å². The number of carbonyl (C=O) groups is 2. The van der Waals surface area contributed by atoms with Gasteiger partial charge in [0.05, 0.1) is 0 Å². The van der Waals surface area contributed by atoms with Gasteiger partial charge in [0.1, 0.15) is 0 Å². The number of carbonyl (C=O) groups excluding carboxylic acids is 2. The lowest BCUT2D eigenvalue weighted by atomic mass is 10.1. The molecule has 0 aromatic heterocycles. The molecule has 0 unspecified atom stereocenters. The van der Waals surface area contributed by atoms with E-state index in [2.05, 4.69) is 5.32 Å². The zero-order valence-electron chi connectivity index (χ0n) is 14.8. The summed E-state index contributed by atoms with van der Waals surface area (Å²) in [5.74, 6) is -0.157. The summed E-state index contributed by atoms with van der Waals surface area (Å²) in [6.07, 6.45) is 0.251. The van der Waals surface area contributed by atoms with Crippen molar-refractivity contribution in [2.45, 2.75) is 33.7 Å². The minimum absolute atomic E-state index is 0.0668. The highest BCUT2D eigenvalue weighted by Gasteiger charge is 2.17. The van der Waals surface area contributed by atoms with Gasteiger partial charge in [0.15, 0.2) is 0 Å². The molecule has 0 heterocycles. The van der Waals surface area contributed by atoms with E-state index < -0.39 is 0 Å². The van der Waals surface area contributed by atoms with Crippen LogP contribution in [0, 0.1) is 13.8 Å². The number of halogens is 1. The van der Waals surface area contributed by atoms with Crippen molar-refractivity contribution in [2.75, 3.05) is 11.4 Å². The van der Waals surface area contributed by atoms with E-state index in [9.17, 15) is 9.59 Å². The molecule has 0 aliphatic rings. The third-order valence-corrected chi connectivity index (χ3v) is 4.31. The molecule has 0 bridgehead atoms. The molecule has 132 valence electrons. The molecule has 0 saturated carbocycles. The molecule has 4 nitrogen and oxygen atoms in total. The van der Waals surface area contributed by atoms with E-state index in [1.807, 2.05) is 44.2 Å². The van der Waals surface area contributed by atoms with E-state index in [0.717, 1.165) is 22.4 Å². The quantitative estimate of drug-likeness (QED) is 0.848. The summed E-state index contributed by atoms with van der Waals surface area (Å²) in [6, 6.07) is 13.2. The van der Waals surface area contributed by atoms with Crippen LogP contribution in [0.2, 0.25) is 5.02 Å². The first kappa shape index (κ1) is 19.0. The van der Waals surface area contributed by atoms with E-state index in [0.29, 0.717) is 18.1 Å². The average Bonchev–Trinajstić information content (AvgIpc) is 2.56. The van der Waals surface area contributed by atoms with Gasteiger partial charge < -0.3 is 10.2 Å². The Bertz CT molecular complexity index is 737. The highest BCUT2D eigenvalue weighted by Crippen LogP contribution is 2.24. The van der Waals surface area contributed by atoms with Gasteiger partial charge in [0.25, 0.3) is 0 Å². The summed E-state index contributed by atoms with van der Waals surface area (Å²) < 4.78 is 0. The van der Waals surface area contributed by atoms with Gasteiger partial charge in [-0.25, -0.2) is 0 Å². The van der Waals surface area contributed by atoms with Crippen LogP contribution in [-0.4, -0.2) is 18.4 Å². The fraction of sp³-hybridized carbons (Fsp3) is 0.300. The predicted octanol–water partition coefficient (Wildman–Crippen LogP) is 4.02. The largest absolute Gasteiger partial charge is 0.352 e. The summed E-state index contributed by atoms with van der Waals surface area (Å²) >= 11 is 5.85. The van der Waals surface area contributed by atoms with Crippen molar-refractivity contribution in [1.29, 1.82) is 0 Å². The fourth-order valence-corrected chi connectivity index (χ4v) is 2.89. The lowest BCUT2D eigenvalue weighted by Gasteiger charge is -2.25. The molecular weight excluding hydrogens is 336 g/mol. The van der Waals surface area contributed by atoms with E-state index in [-0.39, 0.29) is 18.2 Å². The van der Waals surface area contributed by atoms with Crippen molar-refractivity contribution < 1.29 is 9.59 Å². The molecule has 25 heavy (non-hydrogen) atoms. The third kappa shape index (κ3) is 5.33. The lowest BCUT2D eigenvalue weighted by Crippen LogP contribution is -2.34. The Hall–Kier alpha value is -2.33. The van der Waals surface area contributed by atoms with Gasteiger partial charge in [-0.2, -0.15) is 0 Å². The van der Waals surface area contributed by atoms with Crippen molar-refractivity contribution in [3.8, 4) is 0 Å². The summed E-state index contributed by atoms with van der Waals surface area (Å²) in [7, 11) is 0. The van der Waals surface area contributed by atoms with Gasteiger partial charge >= 0.3 is 0 Å². The predicted molar refractivity (Wildman–Crippen MR) is 102 cm³/mol. The van der Waals surface area contributed by atoms with Gasteiger partial charge in [-0.1, -0.05) is 41.9 Å². The van der Waals surface area contributed by atoms with E-state index >= 15 is 0 Å². The number of nitrogens with zero attached hydrogens (tertiary/aromatic N) is 1. The first-order valence-electron chi connectivity index (χ1n) is 8.24. The van der Waals surface area contributed by atoms with Gasteiger partial charge in [0, 0.05) is 37.1 Å². The average molecular weight is 359 g/mol. The van der Waals surface area contributed by atoms with Crippen molar-refractivity contribution in [1.82, 2.24) is 5.32 Å². The van der Waals surface area contributed by atoms with E-state index in [1.165, 1.54) is 6.92 Å². The molecule has 2 aromatic rings. The number of benzene rings is 2. The highest BCUT2D eigenvalue weighted by molar-refractivity contribution is 6.30. The van der Waals surface area contributed by atoms with Gasteiger partial charge in [-0.3, -0.25) is 9.59 Å². The Labute approximate surface area is 153 Å². The maximum absolute atomic E-state index is 12.1. The molecule has 0 spiro atoms. The van der Waals surface area contributed by atoms with Crippen LogP contribution < -0.4 is 10.2 Å². The summed E-state index contributed by atoms with van der Waals surface area (Å²) in [4.78, 5) is 25.9. The molecule has 0 fully saturated rings. The van der Waals surface area contributed by atoms with Crippen molar-refractivity contribution in [3.05, 3.63) is 64.2 Å². The molecule has 0 atom stereocenters. The Morgan fingerprint density at radius 3 is 2.20 bits per heavy atom. The second-order valence-corrected chi connectivity index (χ2v) is 6.50. The second kappa shape index (κ2) is 8.67. The standard InChI is InChI=1S/C20H23ClN2O2/c1-14-5-4-6-15(2)20(14)23(16(3)24)12-11-19(25)22-13-17-7-9-18(21)10-8-17/h4-10H,11-13H2,1-3H3,(H,22,25). The van der Waals surface area contributed by atoms with Crippen LogP contribution in [0.4, 0.5) is 5.69 Å². The number of amides is 2. The minimum atomic E-state index is -0.0903. The number of hydrogen-bond acceptors (Lipinski definition) is 2. The Kier molecular flexibility index (Phi) is 6.59. The first-order chi connectivity index (χ1) is 11.9. The summed E-state index contributed by atoms with van der Waals surface area (Å²) in [6.45, 7) is 6.27. The highest BCUT2D eigenvalue weighted by atomic mass is 35.5. The van der Waals surface area contributed by atoms with Gasteiger partial charge in [0.2, 0.25) is 11.8 Å². The number of hydrogen-bond donors (Lipinski definition) is 1. The van der Waals surface area contributed by atoms with E-state index in [1.54, 1.807) is 17.0 Å². The molecule has 1 N–H and O–H groups in total. The molecule has 2 rings (SSSR count). The van der Waals surface area contributed by atoms with Crippen LogP contribution in [0.3, 0.4) is 0 Å². The maximum atomic E-state index is 12.1. The molecule has 0 radical (unpaired) electrons. The summed E-state index contributed by atoms with van der Waals surface area (Å²) in [5.41, 5.74) is 3.92. The smallest absolute Gasteiger partial charge is 0.223 e. The first-order valence-corrected chi connectivity index (χ1v) is 8.61. The van der Waals surface area contributed by atoms with Gasteiger partial charge in [-0.15, -0.1) is 0 Å². The number of anilines is 1. The molecule has 0 aliphatic carbocycles. The monoisotopic (exact) mass is 358 g/mol. The Morgan fingerprint density at radius 1 is 1.04 bits per heavy atom. The number of rotatable bonds is 6. The SMILES string of the molecule is CC(=O)N(CCC(=O)NCc1ccc(Cl)cc1)c1c(C)cccc1C. The van der Waals surface area contributed by atoms with Crippen LogP contribution in [0.15, 0.2) is 42.5 Å². The maximum Gasteiger partial charge on any atom is 0.223 e. The Balaban J connectivity index is 1.96. The molecule has 5 heteroatoms. The fourth-order valence-electron chi connectivity index (χ4n) is 2.76. The normalized spacial score (nSPS) is 10.4. The number of aryl methyl sites for hydroxylation is 2. The molecule has 2 amide bonds.